The van der Waals surface area contributed by atoms with Crippen LogP contribution in [0.5, 0.6) is 5.75 Å². The van der Waals surface area contributed by atoms with Gasteiger partial charge in [0.1, 0.15) is 5.75 Å². The van der Waals surface area contributed by atoms with Crippen molar-refractivity contribution in [3.05, 3.63) is 29.8 Å². The van der Waals surface area contributed by atoms with Crippen molar-refractivity contribution < 1.29 is 5.11 Å². The van der Waals surface area contributed by atoms with Crippen LogP contribution in [-0.2, 0) is 6.42 Å². The minimum atomic E-state index is 0.306. The SMILES string of the molecule is [B]CCc1ccc(O)cc1. The first-order valence-corrected chi connectivity index (χ1v) is 3.31. The van der Waals surface area contributed by atoms with Gasteiger partial charge in [-0.3, -0.25) is 0 Å². The molecule has 1 N–H and O–H groups in total. The Balaban J connectivity index is 2.69. The first kappa shape index (κ1) is 7.20. The van der Waals surface area contributed by atoms with Crippen LogP contribution in [0.15, 0.2) is 24.3 Å². The van der Waals surface area contributed by atoms with Crippen LogP contribution in [0.1, 0.15) is 5.56 Å². The van der Waals surface area contributed by atoms with Crippen molar-refractivity contribution in [3.8, 4) is 5.75 Å². The quantitative estimate of drug-likeness (QED) is 0.604. The molecule has 0 bridgehead atoms. The molecule has 1 aromatic carbocycles. The average Bonchev–Trinajstić information content (AvgIpc) is 1.95. The lowest BCUT2D eigenvalue weighted by atomic mass is 9.97. The van der Waals surface area contributed by atoms with Gasteiger partial charge in [0, 0.05) is 0 Å². The van der Waals surface area contributed by atoms with E-state index in [2.05, 4.69) is 0 Å². The zero-order chi connectivity index (χ0) is 7.40. The molecule has 1 rings (SSSR count). The van der Waals surface area contributed by atoms with E-state index < -0.39 is 0 Å². The Hall–Kier alpha value is -0.915. The molecule has 0 atom stereocenters. The van der Waals surface area contributed by atoms with Crippen molar-refractivity contribution in [3.63, 3.8) is 0 Å². The Morgan fingerprint density at radius 3 is 2.30 bits per heavy atom. The third-order valence-corrected chi connectivity index (χ3v) is 1.37. The summed E-state index contributed by atoms with van der Waals surface area (Å²) in [5.74, 6) is 0.306. The molecular formula is C8H9BO. The van der Waals surface area contributed by atoms with E-state index in [1.807, 2.05) is 12.1 Å². The van der Waals surface area contributed by atoms with Crippen LogP contribution in [0, 0.1) is 0 Å². The largest absolute Gasteiger partial charge is 0.508 e. The summed E-state index contributed by atoms with van der Waals surface area (Å²) in [6.45, 7) is 0. The molecule has 0 saturated carbocycles. The van der Waals surface area contributed by atoms with Crippen molar-refractivity contribution in [2.45, 2.75) is 12.7 Å². The highest BCUT2D eigenvalue weighted by Crippen LogP contribution is 2.10. The molecule has 0 heterocycles. The van der Waals surface area contributed by atoms with E-state index in [1.54, 1.807) is 12.1 Å². The van der Waals surface area contributed by atoms with Gasteiger partial charge in [-0.05, 0) is 24.1 Å². The van der Waals surface area contributed by atoms with Gasteiger partial charge in [0.2, 0.25) is 0 Å². The Morgan fingerprint density at radius 1 is 1.20 bits per heavy atom. The van der Waals surface area contributed by atoms with E-state index in [0.717, 1.165) is 6.42 Å². The number of benzene rings is 1. The lowest BCUT2D eigenvalue weighted by Crippen LogP contribution is -1.81. The summed E-state index contributed by atoms with van der Waals surface area (Å²) < 4.78 is 0. The molecule has 1 nitrogen and oxygen atoms in total. The number of rotatable bonds is 2. The number of hydrogen-bond acceptors (Lipinski definition) is 1. The third kappa shape index (κ3) is 1.80. The summed E-state index contributed by atoms with van der Waals surface area (Å²) in [5.41, 5.74) is 1.17. The summed E-state index contributed by atoms with van der Waals surface area (Å²) >= 11 is 0. The molecule has 0 unspecified atom stereocenters. The van der Waals surface area contributed by atoms with Gasteiger partial charge >= 0.3 is 0 Å². The Bertz CT molecular complexity index is 193. The third-order valence-electron chi connectivity index (χ3n) is 1.37. The number of aromatic hydroxyl groups is 1. The van der Waals surface area contributed by atoms with Crippen molar-refractivity contribution in [1.29, 1.82) is 0 Å². The van der Waals surface area contributed by atoms with Crippen LogP contribution >= 0.6 is 0 Å². The molecule has 0 spiro atoms. The summed E-state index contributed by atoms with van der Waals surface area (Å²) in [6.07, 6.45) is 1.53. The van der Waals surface area contributed by atoms with E-state index in [1.165, 1.54) is 5.56 Å². The maximum atomic E-state index is 8.89. The smallest absolute Gasteiger partial charge is 0.115 e. The van der Waals surface area contributed by atoms with Gasteiger partial charge in [-0.25, -0.2) is 0 Å². The van der Waals surface area contributed by atoms with Crippen LogP contribution in [0.25, 0.3) is 0 Å². The number of phenols is 1. The number of aryl methyl sites for hydroxylation is 1. The van der Waals surface area contributed by atoms with E-state index >= 15 is 0 Å². The van der Waals surface area contributed by atoms with Gasteiger partial charge in [0.15, 0.2) is 0 Å². The molecule has 0 aromatic heterocycles. The minimum Gasteiger partial charge on any atom is -0.508 e. The first-order chi connectivity index (χ1) is 4.83. The maximum absolute atomic E-state index is 8.89. The second-order valence-corrected chi connectivity index (χ2v) is 2.21. The van der Waals surface area contributed by atoms with Gasteiger partial charge in [-0.1, -0.05) is 18.5 Å². The first-order valence-electron chi connectivity index (χ1n) is 3.31. The molecule has 0 aliphatic rings. The van der Waals surface area contributed by atoms with E-state index in [9.17, 15) is 0 Å². The van der Waals surface area contributed by atoms with Crippen LogP contribution in [-0.4, -0.2) is 13.0 Å². The Labute approximate surface area is 62.1 Å². The maximum Gasteiger partial charge on any atom is 0.115 e. The van der Waals surface area contributed by atoms with Crippen LogP contribution in [0.3, 0.4) is 0 Å². The van der Waals surface area contributed by atoms with Gasteiger partial charge < -0.3 is 5.11 Å². The van der Waals surface area contributed by atoms with Crippen LogP contribution in [0.2, 0.25) is 6.32 Å². The molecule has 1 aromatic rings. The molecule has 2 radical (unpaired) electrons. The monoisotopic (exact) mass is 132 g/mol. The standard InChI is InChI=1S/C8H9BO/c9-6-5-7-1-3-8(10)4-2-7/h1-4,10H,5-6H2. The second kappa shape index (κ2) is 3.30. The van der Waals surface area contributed by atoms with Crippen LogP contribution < -0.4 is 0 Å². The molecule has 0 fully saturated rings. The van der Waals surface area contributed by atoms with Gasteiger partial charge in [0.25, 0.3) is 0 Å². The van der Waals surface area contributed by atoms with Gasteiger partial charge in [-0.2, -0.15) is 0 Å². The van der Waals surface area contributed by atoms with Crippen molar-refractivity contribution in [2.75, 3.05) is 0 Å². The highest BCUT2D eigenvalue weighted by Gasteiger charge is 1.89. The Kier molecular flexibility index (Phi) is 2.38. The molecular weight excluding hydrogens is 123 g/mol. The van der Waals surface area contributed by atoms with Crippen molar-refractivity contribution in [1.82, 2.24) is 0 Å². The summed E-state index contributed by atoms with van der Waals surface area (Å²) in [5, 5.41) is 8.89. The summed E-state index contributed by atoms with van der Waals surface area (Å²) in [4.78, 5) is 0. The van der Waals surface area contributed by atoms with Gasteiger partial charge in [-0.15, -0.1) is 0 Å². The predicted molar refractivity (Wildman–Crippen MR) is 42.4 cm³/mol. The minimum absolute atomic E-state index is 0.306. The highest BCUT2D eigenvalue weighted by molar-refractivity contribution is 6.08. The lowest BCUT2D eigenvalue weighted by Gasteiger charge is -1.96. The number of hydrogen-bond donors (Lipinski definition) is 1. The molecule has 50 valence electrons. The fourth-order valence-electron chi connectivity index (χ4n) is 0.829. The zero-order valence-corrected chi connectivity index (χ0v) is 5.75. The second-order valence-electron chi connectivity index (χ2n) is 2.21. The average molecular weight is 132 g/mol. The molecule has 0 aliphatic heterocycles. The Morgan fingerprint density at radius 2 is 1.80 bits per heavy atom. The topological polar surface area (TPSA) is 20.2 Å². The number of phenolic OH excluding ortho intramolecular Hbond substituents is 1. The molecule has 0 aliphatic carbocycles. The lowest BCUT2D eigenvalue weighted by molar-refractivity contribution is 0.475. The highest BCUT2D eigenvalue weighted by atomic mass is 16.3. The molecule has 2 heteroatoms. The van der Waals surface area contributed by atoms with Crippen molar-refractivity contribution >= 4 is 7.85 Å². The van der Waals surface area contributed by atoms with E-state index in [-0.39, 0.29) is 0 Å². The molecule has 10 heavy (non-hydrogen) atoms. The zero-order valence-electron chi connectivity index (χ0n) is 5.75. The summed E-state index contributed by atoms with van der Waals surface area (Å²) in [6, 6.07) is 7.10. The predicted octanol–water partition coefficient (Wildman–Crippen LogP) is 1.52. The molecule has 0 amide bonds. The summed E-state index contributed by atoms with van der Waals surface area (Å²) in [7, 11) is 5.34. The van der Waals surface area contributed by atoms with Gasteiger partial charge in [0.05, 0.1) is 7.85 Å². The van der Waals surface area contributed by atoms with E-state index in [4.69, 9.17) is 13.0 Å². The van der Waals surface area contributed by atoms with E-state index in [0.29, 0.717) is 12.1 Å². The fourth-order valence-corrected chi connectivity index (χ4v) is 0.829. The molecule has 0 saturated heterocycles. The fraction of sp³-hybridized carbons (Fsp3) is 0.250. The van der Waals surface area contributed by atoms with Crippen molar-refractivity contribution in [2.24, 2.45) is 0 Å². The van der Waals surface area contributed by atoms with Crippen LogP contribution in [0.4, 0.5) is 0 Å². The normalized spacial score (nSPS) is 9.60.